The van der Waals surface area contributed by atoms with E-state index in [0.717, 1.165) is 11.1 Å². The Kier molecular flexibility index (Phi) is 12.4. The molecule has 0 radical (unpaired) electrons. The SMILES string of the molecule is CCC1OCCC(OC2OC(CO)C(O)C(O)C2O)C1OC1OC(C)C(C)C(OCc2ccccc2)C1OCc1ccccc1. The van der Waals surface area contributed by atoms with Gasteiger partial charge in [0, 0.05) is 12.5 Å². The molecule has 11 nitrogen and oxygen atoms in total. The van der Waals surface area contributed by atoms with Crippen LogP contribution >= 0.6 is 0 Å². The Balaban J connectivity index is 1.38. The molecule has 2 aromatic carbocycles. The van der Waals surface area contributed by atoms with E-state index >= 15 is 0 Å². The van der Waals surface area contributed by atoms with Crippen LogP contribution in [0.1, 0.15) is 44.7 Å². The van der Waals surface area contributed by atoms with Gasteiger partial charge in [0.2, 0.25) is 0 Å². The summed E-state index contributed by atoms with van der Waals surface area (Å²) in [5.41, 5.74) is 2.04. The summed E-state index contributed by atoms with van der Waals surface area (Å²) in [5.74, 6) is -0.0138. The van der Waals surface area contributed by atoms with Gasteiger partial charge in [-0.2, -0.15) is 0 Å². The maximum absolute atomic E-state index is 10.7. The van der Waals surface area contributed by atoms with Crippen LogP contribution in [0.4, 0.5) is 0 Å². The molecular weight excluding hydrogens is 584 g/mol. The van der Waals surface area contributed by atoms with E-state index in [-0.39, 0.29) is 24.2 Å². The van der Waals surface area contributed by atoms with Crippen LogP contribution in [0.2, 0.25) is 0 Å². The number of aliphatic hydroxyl groups is 4. The van der Waals surface area contributed by atoms with Crippen molar-refractivity contribution in [2.45, 2.75) is 120 Å². The molecule has 0 bridgehead atoms. The molecular formula is C34H48O11. The lowest BCUT2D eigenvalue weighted by molar-refractivity contribution is -0.355. The first kappa shape index (κ1) is 34.3. The van der Waals surface area contributed by atoms with E-state index in [4.69, 9.17) is 33.2 Å². The average Bonchev–Trinajstić information content (AvgIpc) is 3.06. The first-order valence-corrected chi connectivity index (χ1v) is 16.0. The Labute approximate surface area is 264 Å². The van der Waals surface area contributed by atoms with Crippen molar-refractivity contribution in [2.75, 3.05) is 13.2 Å². The number of aliphatic hydroxyl groups excluding tert-OH is 4. The summed E-state index contributed by atoms with van der Waals surface area (Å²) in [6.07, 6.45) is -9.60. The number of hydrogen-bond donors (Lipinski definition) is 4. The monoisotopic (exact) mass is 632 g/mol. The highest BCUT2D eigenvalue weighted by Gasteiger charge is 2.50. The molecule has 4 N–H and O–H groups in total. The van der Waals surface area contributed by atoms with Crippen LogP contribution in [0, 0.1) is 5.92 Å². The van der Waals surface area contributed by atoms with Crippen LogP contribution in [0.25, 0.3) is 0 Å². The third-order valence-corrected chi connectivity index (χ3v) is 9.09. The molecule has 13 atom stereocenters. The summed E-state index contributed by atoms with van der Waals surface area (Å²) < 4.78 is 44.3. The number of benzene rings is 2. The van der Waals surface area contributed by atoms with E-state index in [0.29, 0.717) is 32.7 Å². The molecule has 3 saturated heterocycles. The summed E-state index contributed by atoms with van der Waals surface area (Å²) in [5, 5.41) is 40.9. The van der Waals surface area contributed by atoms with E-state index in [9.17, 15) is 20.4 Å². The minimum atomic E-state index is -1.55. The second-order valence-electron chi connectivity index (χ2n) is 12.2. The molecule has 0 aliphatic carbocycles. The van der Waals surface area contributed by atoms with Gasteiger partial charge in [-0.05, 0) is 30.9 Å². The van der Waals surface area contributed by atoms with Crippen molar-refractivity contribution in [3.63, 3.8) is 0 Å². The summed E-state index contributed by atoms with van der Waals surface area (Å²) >= 11 is 0. The maximum Gasteiger partial charge on any atom is 0.187 e. The van der Waals surface area contributed by atoms with E-state index in [1.807, 2.05) is 74.5 Å². The normalized spacial score (nSPS) is 39.0. The van der Waals surface area contributed by atoms with Gasteiger partial charge in [-0.25, -0.2) is 0 Å². The van der Waals surface area contributed by atoms with Crippen LogP contribution < -0.4 is 0 Å². The molecule has 13 unspecified atom stereocenters. The Morgan fingerprint density at radius 1 is 0.711 bits per heavy atom. The van der Waals surface area contributed by atoms with Crippen molar-refractivity contribution < 1.29 is 53.6 Å². The highest BCUT2D eigenvalue weighted by molar-refractivity contribution is 5.14. The van der Waals surface area contributed by atoms with Crippen LogP contribution in [0.5, 0.6) is 0 Å². The fourth-order valence-electron chi connectivity index (χ4n) is 6.21. The number of hydrogen-bond acceptors (Lipinski definition) is 11. The van der Waals surface area contributed by atoms with Crippen LogP contribution in [0.3, 0.4) is 0 Å². The minimum absolute atomic E-state index is 0.0138. The summed E-state index contributed by atoms with van der Waals surface area (Å²) in [6, 6.07) is 19.8. The van der Waals surface area contributed by atoms with Gasteiger partial charge in [0.1, 0.15) is 36.6 Å². The lowest BCUT2D eigenvalue weighted by atomic mass is 9.90. The molecule has 3 heterocycles. The fraction of sp³-hybridized carbons (Fsp3) is 0.647. The van der Waals surface area contributed by atoms with Crippen molar-refractivity contribution in [2.24, 2.45) is 5.92 Å². The lowest BCUT2D eigenvalue weighted by Crippen LogP contribution is -2.62. The van der Waals surface area contributed by atoms with Crippen LogP contribution in [-0.4, -0.2) is 107 Å². The van der Waals surface area contributed by atoms with Crippen molar-refractivity contribution in [3.05, 3.63) is 71.8 Å². The third kappa shape index (κ3) is 8.30. The highest BCUT2D eigenvalue weighted by Crippen LogP contribution is 2.36. The zero-order chi connectivity index (χ0) is 31.9. The average molecular weight is 633 g/mol. The van der Waals surface area contributed by atoms with Crippen molar-refractivity contribution in [3.8, 4) is 0 Å². The molecule has 0 amide bonds. The summed E-state index contributed by atoms with van der Waals surface area (Å²) in [7, 11) is 0. The standard InChI is InChI=1S/C34H48O11/c1-4-24-31(25(15-16-39-24)43-33-29(38)28(37)27(36)26(17-35)44-33)45-34-32(41-19-23-13-9-6-10-14-23)30(20(2)21(3)42-34)40-18-22-11-7-5-8-12-22/h5-14,20-21,24-38H,4,15-19H2,1-3H3. The van der Waals surface area contributed by atoms with Gasteiger partial charge in [0.05, 0.1) is 44.2 Å². The predicted molar refractivity (Wildman–Crippen MR) is 162 cm³/mol. The molecule has 5 rings (SSSR count). The van der Waals surface area contributed by atoms with E-state index in [1.54, 1.807) is 0 Å². The summed E-state index contributed by atoms with van der Waals surface area (Å²) in [4.78, 5) is 0. The lowest BCUT2D eigenvalue weighted by Gasteiger charge is -2.48. The van der Waals surface area contributed by atoms with Gasteiger partial charge in [-0.1, -0.05) is 74.5 Å². The molecule has 3 aliphatic heterocycles. The van der Waals surface area contributed by atoms with Gasteiger partial charge < -0.3 is 53.6 Å². The van der Waals surface area contributed by atoms with E-state index in [2.05, 4.69) is 6.92 Å². The second kappa shape index (κ2) is 16.2. The minimum Gasteiger partial charge on any atom is -0.394 e. The molecule has 45 heavy (non-hydrogen) atoms. The molecule has 2 aromatic rings. The molecule has 250 valence electrons. The summed E-state index contributed by atoms with van der Waals surface area (Å²) in [6.45, 7) is 6.61. The van der Waals surface area contributed by atoms with Crippen molar-refractivity contribution >= 4 is 0 Å². The topological polar surface area (TPSA) is 146 Å². The highest BCUT2D eigenvalue weighted by atomic mass is 16.7. The first-order chi connectivity index (χ1) is 21.8. The number of rotatable bonds is 12. The van der Waals surface area contributed by atoms with Gasteiger partial charge in [-0.3, -0.25) is 0 Å². The molecule has 0 aromatic heterocycles. The van der Waals surface area contributed by atoms with Gasteiger partial charge in [0.15, 0.2) is 12.6 Å². The molecule has 11 heteroatoms. The zero-order valence-electron chi connectivity index (χ0n) is 26.2. The molecule has 0 spiro atoms. The third-order valence-electron chi connectivity index (χ3n) is 9.09. The van der Waals surface area contributed by atoms with E-state index in [1.165, 1.54) is 0 Å². The van der Waals surface area contributed by atoms with Crippen LogP contribution in [0.15, 0.2) is 60.7 Å². The predicted octanol–water partition coefficient (Wildman–Crippen LogP) is 2.31. The van der Waals surface area contributed by atoms with Gasteiger partial charge in [0.25, 0.3) is 0 Å². The second-order valence-corrected chi connectivity index (χ2v) is 12.2. The first-order valence-electron chi connectivity index (χ1n) is 16.0. The Hall–Kier alpha value is -2.00. The molecule has 0 saturated carbocycles. The van der Waals surface area contributed by atoms with Crippen LogP contribution in [-0.2, 0) is 46.4 Å². The fourth-order valence-corrected chi connectivity index (χ4v) is 6.21. The van der Waals surface area contributed by atoms with E-state index < -0.39 is 61.9 Å². The van der Waals surface area contributed by atoms with Gasteiger partial charge in [-0.15, -0.1) is 0 Å². The smallest absolute Gasteiger partial charge is 0.187 e. The Bertz CT molecular complexity index is 1140. The molecule has 3 fully saturated rings. The number of ether oxygens (including phenoxy) is 7. The van der Waals surface area contributed by atoms with Crippen molar-refractivity contribution in [1.82, 2.24) is 0 Å². The van der Waals surface area contributed by atoms with Gasteiger partial charge >= 0.3 is 0 Å². The molecule has 3 aliphatic rings. The zero-order valence-corrected chi connectivity index (χ0v) is 26.2. The maximum atomic E-state index is 10.7. The largest absolute Gasteiger partial charge is 0.394 e. The Morgan fingerprint density at radius 2 is 1.33 bits per heavy atom. The Morgan fingerprint density at radius 3 is 1.93 bits per heavy atom. The van der Waals surface area contributed by atoms with Crippen molar-refractivity contribution in [1.29, 1.82) is 0 Å². The quantitative estimate of drug-likeness (QED) is 0.274.